The molecular weight excluding hydrogens is 416 g/mol. The van der Waals surface area contributed by atoms with E-state index in [4.69, 9.17) is 4.74 Å². The van der Waals surface area contributed by atoms with Crippen LogP contribution in [-0.2, 0) is 17.0 Å². The highest BCUT2D eigenvalue weighted by Crippen LogP contribution is 2.31. The van der Waals surface area contributed by atoms with Crippen LogP contribution in [0, 0.1) is 0 Å². The average Bonchev–Trinajstić information content (AvgIpc) is 3.38. The van der Waals surface area contributed by atoms with E-state index in [-0.39, 0.29) is 5.91 Å². The molecule has 0 radical (unpaired) electrons. The van der Waals surface area contributed by atoms with E-state index in [1.165, 1.54) is 16.9 Å². The fourth-order valence-electron chi connectivity index (χ4n) is 3.08. The molecule has 0 bridgehead atoms. The number of anilines is 2. The molecule has 0 aliphatic rings. The standard InChI is InChI=1S/C22H22N4O2S2/c1-4-15-5-7-17(8-6-15)26(14(2)27)22-23-16(13-30-22)12-29-21-24-19-10-9-18(28-3)11-20(19)25-21/h5-11,13H,4,12H2,1-3H3,(H,24,25). The number of carbonyl (C=O) groups is 1. The van der Waals surface area contributed by atoms with Gasteiger partial charge in [0, 0.05) is 24.1 Å². The normalized spacial score (nSPS) is 11.0. The van der Waals surface area contributed by atoms with Gasteiger partial charge in [-0.3, -0.25) is 9.69 Å². The second-order valence-electron chi connectivity index (χ2n) is 6.71. The molecule has 2 aromatic heterocycles. The SMILES string of the molecule is CCc1ccc(N(C(C)=O)c2nc(CSc3nc4ccc(OC)cc4[nH]3)cs2)cc1. The number of hydrogen-bond donors (Lipinski definition) is 1. The summed E-state index contributed by atoms with van der Waals surface area (Å²) < 4.78 is 5.26. The van der Waals surface area contributed by atoms with E-state index in [0.717, 1.165) is 39.7 Å². The predicted octanol–water partition coefficient (Wildman–Crippen LogP) is 5.57. The van der Waals surface area contributed by atoms with Crippen LogP contribution in [0.1, 0.15) is 25.1 Å². The van der Waals surface area contributed by atoms with E-state index in [1.807, 2.05) is 47.8 Å². The van der Waals surface area contributed by atoms with Gasteiger partial charge in [0.25, 0.3) is 0 Å². The van der Waals surface area contributed by atoms with Gasteiger partial charge >= 0.3 is 0 Å². The first-order chi connectivity index (χ1) is 14.6. The van der Waals surface area contributed by atoms with Crippen LogP contribution in [0.15, 0.2) is 53.0 Å². The highest BCUT2D eigenvalue weighted by atomic mass is 32.2. The molecule has 4 aromatic rings. The van der Waals surface area contributed by atoms with Crippen LogP contribution in [-0.4, -0.2) is 28.0 Å². The predicted molar refractivity (Wildman–Crippen MR) is 123 cm³/mol. The summed E-state index contributed by atoms with van der Waals surface area (Å²) in [5, 5.41) is 3.49. The van der Waals surface area contributed by atoms with Crippen molar-refractivity contribution in [3.05, 3.63) is 59.1 Å². The number of aryl methyl sites for hydroxylation is 1. The first kappa shape index (κ1) is 20.4. The monoisotopic (exact) mass is 438 g/mol. The molecule has 4 rings (SSSR count). The molecule has 8 heteroatoms. The van der Waals surface area contributed by atoms with Gasteiger partial charge in [-0.15, -0.1) is 11.3 Å². The summed E-state index contributed by atoms with van der Waals surface area (Å²) >= 11 is 3.05. The highest BCUT2D eigenvalue weighted by Gasteiger charge is 2.18. The maximum Gasteiger partial charge on any atom is 0.230 e. The fraction of sp³-hybridized carbons (Fsp3) is 0.227. The molecule has 0 aliphatic carbocycles. The van der Waals surface area contributed by atoms with Crippen LogP contribution in [0.4, 0.5) is 10.8 Å². The molecule has 0 spiro atoms. The van der Waals surface area contributed by atoms with Crippen LogP contribution >= 0.6 is 23.1 Å². The Balaban J connectivity index is 1.49. The number of aromatic amines is 1. The lowest BCUT2D eigenvalue weighted by Gasteiger charge is -2.18. The van der Waals surface area contributed by atoms with E-state index < -0.39 is 0 Å². The molecule has 0 atom stereocenters. The maximum atomic E-state index is 12.3. The Kier molecular flexibility index (Phi) is 6.06. The molecule has 6 nitrogen and oxygen atoms in total. The number of hydrogen-bond acceptors (Lipinski definition) is 6. The third-order valence-corrected chi connectivity index (χ3v) is 6.45. The number of thiazole rings is 1. The molecule has 0 saturated heterocycles. The van der Waals surface area contributed by atoms with Crippen molar-refractivity contribution in [3.8, 4) is 5.75 Å². The number of methoxy groups -OCH3 is 1. The summed E-state index contributed by atoms with van der Waals surface area (Å²) in [5.41, 5.74) is 4.82. The number of rotatable bonds is 7. The summed E-state index contributed by atoms with van der Waals surface area (Å²) in [4.78, 5) is 26.6. The first-order valence-corrected chi connectivity index (χ1v) is 11.4. The highest BCUT2D eigenvalue weighted by molar-refractivity contribution is 7.98. The van der Waals surface area contributed by atoms with Crippen LogP contribution < -0.4 is 9.64 Å². The molecular formula is C22H22N4O2S2. The number of imidazole rings is 1. The summed E-state index contributed by atoms with van der Waals surface area (Å²) in [7, 11) is 1.65. The maximum absolute atomic E-state index is 12.3. The zero-order chi connectivity index (χ0) is 21.1. The lowest BCUT2D eigenvalue weighted by Crippen LogP contribution is -2.22. The summed E-state index contributed by atoms with van der Waals surface area (Å²) in [5.74, 6) is 1.40. The van der Waals surface area contributed by atoms with Gasteiger partial charge in [-0.2, -0.15) is 0 Å². The zero-order valence-corrected chi connectivity index (χ0v) is 18.6. The van der Waals surface area contributed by atoms with Gasteiger partial charge in [-0.1, -0.05) is 30.8 Å². The Bertz CT molecular complexity index is 1170. The van der Waals surface area contributed by atoms with Gasteiger partial charge < -0.3 is 9.72 Å². The van der Waals surface area contributed by atoms with Gasteiger partial charge in [0.05, 0.1) is 29.5 Å². The van der Waals surface area contributed by atoms with Crippen molar-refractivity contribution in [3.63, 3.8) is 0 Å². The Morgan fingerprint density at radius 1 is 1.20 bits per heavy atom. The number of ether oxygens (including phenoxy) is 1. The molecule has 30 heavy (non-hydrogen) atoms. The minimum absolute atomic E-state index is 0.0565. The lowest BCUT2D eigenvalue weighted by molar-refractivity contribution is -0.115. The van der Waals surface area contributed by atoms with E-state index in [2.05, 4.69) is 21.9 Å². The first-order valence-electron chi connectivity index (χ1n) is 9.58. The number of carbonyl (C=O) groups excluding carboxylic acids is 1. The quantitative estimate of drug-likeness (QED) is 0.382. The Hall–Kier alpha value is -2.84. The fourth-order valence-corrected chi connectivity index (χ4v) is 4.85. The van der Waals surface area contributed by atoms with Gasteiger partial charge in [-0.25, -0.2) is 9.97 Å². The molecule has 1 N–H and O–H groups in total. The number of aromatic nitrogens is 3. The largest absolute Gasteiger partial charge is 0.497 e. The van der Waals surface area contributed by atoms with Crippen molar-refractivity contribution < 1.29 is 9.53 Å². The Labute approximate surface area is 183 Å². The summed E-state index contributed by atoms with van der Waals surface area (Å²) in [6, 6.07) is 13.8. The van der Waals surface area contributed by atoms with E-state index in [1.54, 1.807) is 30.7 Å². The van der Waals surface area contributed by atoms with Gasteiger partial charge in [0.1, 0.15) is 5.75 Å². The molecule has 0 unspecified atom stereocenters. The molecule has 0 aliphatic heterocycles. The second-order valence-corrected chi connectivity index (χ2v) is 8.51. The van der Waals surface area contributed by atoms with Crippen molar-refractivity contribution in [1.29, 1.82) is 0 Å². The number of nitrogens with one attached hydrogen (secondary N) is 1. The van der Waals surface area contributed by atoms with Gasteiger partial charge in [0.15, 0.2) is 10.3 Å². The van der Waals surface area contributed by atoms with Crippen molar-refractivity contribution in [2.24, 2.45) is 0 Å². The molecule has 0 fully saturated rings. The van der Waals surface area contributed by atoms with E-state index in [0.29, 0.717) is 10.9 Å². The topological polar surface area (TPSA) is 71.1 Å². The number of fused-ring (bicyclic) bond motifs is 1. The molecule has 154 valence electrons. The lowest BCUT2D eigenvalue weighted by atomic mass is 10.1. The third-order valence-electron chi connectivity index (χ3n) is 4.67. The van der Waals surface area contributed by atoms with Gasteiger partial charge in [0.2, 0.25) is 5.91 Å². The van der Waals surface area contributed by atoms with Crippen molar-refractivity contribution >= 4 is 50.9 Å². The van der Waals surface area contributed by atoms with Crippen molar-refractivity contribution in [2.45, 2.75) is 31.2 Å². The minimum atomic E-state index is -0.0565. The van der Waals surface area contributed by atoms with Crippen molar-refractivity contribution in [2.75, 3.05) is 12.0 Å². The third kappa shape index (κ3) is 4.34. The number of H-pyrrole nitrogens is 1. The molecule has 0 saturated carbocycles. The summed E-state index contributed by atoms with van der Waals surface area (Å²) in [6.07, 6.45) is 0.966. The molecule has 1 amide bonds. The van der Waals surface area contributed by atoms with Crippen LogP contribution in [0.3, 0.4) is 0 Å². The molecule has 2 aromatic carbocycles. The smallest absolute Gasteiger partial charge is 0.230 e. The number of amides is 1. The second kappa shape index (κ2) is 8.89. The van der Waals surface area contributed by atoms with Crippen LogP contribution in [0.25, 0.3) is 11.0 Å². The Morgan fingerprint density at radius 2 is 2.00 bits per heavy atom. The van der Waals surface area contributed by atoms with E-state index in [9.17, 15) is 4.79 Å². The summed E-state index contributed by atoms with van der Waals surface area (Å²) in [6.45, 7) is 3.67. The van der Waals surface area contributed by atoms with Crippen LogP contribution in [0.2, 0.25) is 0 Å². The number of thioether (sulfide) groups is 1. The van der Waals surface area contributed by atoms with Crippen molar-refractivity contribution in [1.82, 2.24) is 15.0 Å². The minimum Gasteiger partial charge on any atom is -0.497 e. The van der Waals surface area contributed by atoms with Gasteiger partial charge in [-0.05, 0) is 36.2 Å². The number of benzene rings is 2. The van der Waals surface area contributed by atoms with Crippen LogP contribution in [0.5, 0.6) is 5.75 Å². The average molecular weight is 439 g/mol. The molecule has 2 heterocycles. The van der Waals surface area contributed by atoms with E-state index >= 15 is 0 Å². The number of nitrogens with zero attached hydrogens (tertiary/aromatic N) is 3. The Morgan fingerprint density at radius 3 is 2.70 bits per heavy atom. The zero-order valence-electron chi connectivity index (χ0n) is 17.0.